The molecule has 1 fully saturated rings. The molecule has 0 bridgehead atoms. The average Bonchev–Trinajstić information content (AvgIpc) is 3.03. The summed E-state index contributed by atoms with van der Waals surface area (Å²) in [5, 5.41) is 3.74. The highest BCUT2D eigenvalue weighted by Crippen LogP contribution is 2.34. The number of nitrogens with one attached hydrogen (secondary N) is 1. The van der Waals surface area contributed by atoms with E-state index in [0.29, 0.717) is 6.07 Å². The number of oxime groups is 1. The number of benzene rings is 1. The Kier molecular flexibility index (Phi) is 5.97. The lowest BCUT2D eigenvalue weighted by atomic mass is 10.1. The maximum absolute atomic E-state index is 12.9. The van der Waals surface area contributed by atoms with Gasteiger partial charge in [-0.05, 0) is 44.7 Å². The van der Waals surface area contributed by atoms with Gasteiger partial charge in [-0.3, -0.25) is 4.72 Å². The molecule has 0 radical (unpaired) electrons. The van der Waals surface area contributed by atoms with Crippen LogP contribution in [0.1, 0.15) is 43.7 Å². The van der Waals surface area contributed by atoms with Crippen LogP contribution < -0.4 is 4.72 Å². The minimum atomic E-state index is -5.91. The number of nitrogens with zero attached hydrogens (tertiary/aromatic N) is 1. The zero-order chi connectivity index (χ0) is 20.5. The second kappa shape index (κ2) is 7.56. The Morgan fingerprint density at radius 1 is 1.15 bits per heavy atom. The number of alkyl halides is 6. The molecule has 2 rings (SSSR count). The van der Waals surface area contributed by atoms with Crippen molar-refractivity contribution in [2.45, 2.75) is 50.4 Å². The first kappa shape index (κ1) is 21.3. The molecule has 1 saturated carbocycles. The fourth-order valence-corrected chi connectivity index (χ4v) is 3.09. The van der Waals surface area contributed by atoms with E-state index < -0.39 is 33.0 Å². The first-order chi connectivity index (χ1) is 12.3. The van der Waals surface area contributed by atoms with Crippen molar-refractivity contribution in [3.05, 3.63) is 29.3 Å². The second-order valence-corrected chi connectivity index (χ2v) is 7.67. The van der Waals surface area contributed by atoms with Gasteiger partial charge in [0.15, 0.2) is 0 Å². The predicted octanol–water partition coefficient (Wildman–Crippen LogP) is 4.65. The number of halogens is 6. The Hall–Kier alpha value is -1.98. The molecule has 1 N–H and O–H groups in total. The van der Waals surface area contributed by atoms with Crippen LogP contribution in [0.3, 0.4) is 0 Å². The molecule has 0 spiro atoms. The molecular weight excluding hydrogens is 402 g/mol. The molecule has 0 unspecified atom stereocenters. The van der Waals surface area contributed by atoms with E-state index in [1.165, 1.54) is 6.92 Å². The summed E-state index contributed by atoms with van der Waals surface area (Å²) in [6.45, 7) is 1.29. The van der Waals surface area contributed by atoms with Crippen molar-refractivity contribution >= 4 is 21.4 Å². The number of hydrogen-bond donors (Lipinski definition) is 1. The third kappa shape index (κ3) is 5.27. The van der Waals surface area contributed by atoms with Gasteiger partial charge in [0.05, 0.1) is 17.0 Å². The number of rotatable bonds is 5. The molecule has 0 amide bonds. The summed E-state index contributed by atoms with van der Waals surface area (Å²) in [5.41, 5.74) is -8.21. The van der Waals surface area contributed by atoms with Crippen molar-refractivity contribution in [2.24, 2.45) is 5.16 Å². The topological polar surface area (TPSA) is 67.8 Å². The van der Waals surface area contributed by atoms with Gasteiger partial charge in [0.1, 0.15) is 6.10 Å². The van der Waals surface area contributed by atoms with Crippen LogP contribution in [0, 0.1) is 0 Å². The molecule has 0 heterocycles. The maximum atomic E-state index is 12.9. The lowest BCUT2D eigenvalue weighted by molar-refractivity contribution is -0.137. The fraction of sp³-hybridized carbons (Fsp3) is 0.533. The third-order valence-corrected chi connectivity index (χ3v) is 5.02. The second-order valence-electron chi connectivity index (χ2n) is 6.00. The van der Waals surface area contributed by atoms with Crippen molar-refractivity contribution in [3.8, 4) is 0 Å². The molecule has 27 heavy (non-hydrogen) atoms. The number of anilines is 1. The van der Waals surface area contributed by atoms with Crippen LogP contribution in [-0.2, 0) is 21.0 Å². The van der Waals surface area contributed by atoms with E-state index in [4.69, 9.17) is 4.84 Å². The van der Waals surface area contributed by atoms with Crippen LogP contribution >= 0.6 is 0 Å². The highest BCUT2D eigenvalue weighted by molar-refractivity contribution is 7.93. The Balaban J connectivity index is 2.42. The minimum Gasteiger partial charge on any atom is -0.392 e. The van der Waals surface area contributed by atoms with Crippen LogP contribution in [0.4, 0.5) is 32.0 Å². The molecule has 1 aromatic carbocycles. The van der Waals surface area contributed by atoms with Gasteiger partial charge in [-0.25, -0.2) is 0 Å². The lowest BCUT2D eigenvalue weighted by Gasteiger charge is -2.16. The SMILES string of the molecule is C/C(=N\OC1CCCC1)c1ccc(C(F)(F)F)cc1NS(=O)(=O)C(F)(F)F. The van der Waals surface area contributed by atoms with Crippen molar-refractivity contribution in [1.29, 1.82) is 0 Å². The highest BCUT2D eigenvalue weighted by atomic mass is 32.2. The van der Waals surface area contributed by atoms with Gasteiger partial charge < -0.3 is 4.84 Å². The van der Waals surface area contributed by atoms with Gasteiger partial charge in [0.25, 0.3) is 0 Å². The molecule has 152 valence electrons. The van der Waals surface area contributed by atoms with E-state index >= 15 is 0 Å². The third-order valence-electron chi connectivity index (χ3n) is 3.93. The van der Waals surface area contributed by atoms with Gasteiger partial charge in [-0.15, -0.1) is 0 Å². The number of hydrogen-bond acceptors (Lipinski definition) is 4. The van der Waals surface area contributed by atoms with E-state index in [2.05, 4.69) is 5.16 Å². The summed E-state index contributed by atoms with van der Waals surface area (Å²) in [6.07, 6.45) is -1.74. The molecule has 0 aliphatic heterocycles. The van der Waals surface area contributed by atoms with E-state index in [-0.39, 0.29) is 23.4 Å². The minimum absolute atomic E-state index is 0.0597. The predicted molar refractivity (Wildman–Crippen MR) is 85.6 cm³/mol. The first-order valence-electron chi connectivity index (χ1n) is 7.82. The van der Waals surface area contributed by atoms with Crippen LogP contribution in [0.25, 0.3) is 0 Å². The molecule has 0 atom stereocenters. The van der Waals surface area contributed by atoms with Crippen LogP contribution in [0.5, 0.6) is 0 Å². The number of sulfonamides is 1. The molecule has 1 aliphatic carbocycles. The van der Waals surface area contributed by atoms with E-state index in [9.17, 15) is 34.8 Å². The summed E-state index contributed by atoms with van der Waals surface area (Å²) in [7, 11) is -5.91. The maximum Gasteiger partial charge on any atom is 0.516 e. The zero-order valence-electron chi connectivity index (χ0n) is 14.0. The fourth-order valence-electron chi connectivity index (χ4n) is 2.52. The van der Waals surface area contributed by atoms with Gasteiger partial charge >= 0.3 is 21.7 Å². The Bertz CT molecular complexity index is 812. The summed E-state index contributed by atoms with van der Waals surface area (Å²) >= 11 is 0. The molecule has 1 aromatic rings. The van der Waals surface area contributed by atoms with Crippen molar-refractivity contribution < 1.29 is 39.6 Å². The smallest absolute Gasteiger partial charge is 0.392 e. The van der Waals surface area contributed by atoms with Crippen LogP contribution in [0.2, 0.25) is 0 Å². The van der Waals surface area contributed by atoms with E-state index in [0.717, 1.165) is 36.5 Å². The Morgan fingerprint density at radius 2 is 1.74 bits per heavy atom. The summed E-state index contributed by atoms with van der Waals surface area (Å²) < 4.78 is 100. The quantitative estimate of drug-likeness (QED) is 0.430. The Morgan fingerprint density at radius 3 is 2.26 bits per heavy atom. The normalized spacial score (nSPS) is 17.2. The summed E-state index contributed by atoms with van der Waals surface area (Å²) in [6, 6.07) is 1.75. The van der Waals surface area contributed by atoms with Gasteiger partial charge in [0, 0.05) is 5.56 Å². The molecule has 12 heteroatoms. The van der Waals surface area contributed by atoms with Gasteiger partial charge in [-0.1, -0.05) is 11.2 Å². The summed E-state index contributed by atoms with van der Waals surface area (Å²) in [5.74, 6) is 0. The van der Waals surface area contributed by atoms with Crippen LogP contribution in [-0.4, -0.2) is 25.7 Å². The molecule has 1 aliphatic rings. The molecule has 0 aromatic heterocycles. The van der Waals surface area contributed by atoms with E-state index in [1.54, 1.807) is 0 Å². The zero-order valence-corrected chi connectivity index (χ0v) is 14.8. The van der Waals surface area contributed by atoms with Crippen molar-refractivity contribution in [3.63, 3.8) is 0 Å². The molecule has 5 nitrogen and oxygen atoms in total. The monoisotopic (exact) mass is 418 g/mol. The molecule has 0 saturated heterocycles. The van der Waals surface area contributed by atoms with Crippen molar-refractivity contribution in [1.82, 2.24) is 0 Å². The first-order valence-corrected chi connectivity index (χ1v) is 9.31. The van der Waals surface area contributed by atoms with Crippen LogP contribution in [0.15, 0.2) is 23.4 Å². The van der Waals surface area contributed by atoms with E-state index in [1.807, 2.05) is 0 Å². The largest absolute Gasteiger partial charge is 0.516 e. The van der Waals surface area contributed by atoms with Gasteiger partial charge in [-0.2, -0.15) is 34.8 Å². The summed E-state index contributed by atoms with van der Waals surface area (Å²) in [4.78, 5) is 5.24. The van der Waals surface area contributed by atoms with Crippen molar-refractivity contribution in [2.75, 3.05) is 4.72 Å². The van der Waals surface area contributed by atoms with Gasteiger partial charge in [0.2, 0.25) is 0 Å². The highest BCUT2D eigenvalue weighted by Gasteiger charge is 2.46. The standard InChI is InChI=1S/C15H16F6N2O3S/c1-9(22-26-11-4-2-3-5-11)12-7-6-10(14(16,17)18)8-13(12)23-27(24,25)15(19,20)21/h6-8,11,23H,2-5H2,1H3/b22-9+. The molecular formula is C15H16F6N2O3S. The average molecular weight is 418 g/mol. The lowest BCUT2D eigenvalue weighted by Crippen LogP contribution is -2.30. The Labute approximate surface area is 151 Å².